The molecule has 0 amide bonds. The van der Waals surface area contributed by atoms with E-state index in [-0.39, 0.29) is 16.9 Å². The fourth-order valence-electron chi connectivity index (χ4n) is 6.84. The van der Waals surface area contributed by atoms with Crippen molar-refractivity contribution in [1.29, 1.82) is 0 Å². The molecule has 3 saturated carbocycles. The molecular weight excluding hydrogens is 272 g/mol. The van der Waals surface area contributed by atoms with E-state index in [1.807, 2.05) is 0 Å². The number of rotatable bonds is 0. The number of allylic oxidation sites excluding steroid dienone is 1. The highest BCUT2D eigenvalue weighted by Gasteiger charge is 2.59. The standard InChI is InChI=1S/C20H30O2/c1-12-10-14(21)11-13-4-5-15-16-6-7-18(22)19(16,2)9-8-17(15)20(12,13)3/h4,12,14-17,21H,5-11H2,1-3H3/t12?,14-,15-,16-,17-,19-,20-/m0/s1. The molecule has 0 heterocycles. The number of fused-ring (bicyclic) bond motifs is 5. The summed E-state index contributed by atoms with van der Waals surface area (Å²) < 4.78 is 0. The van der Waals surface area contributed by atoms with E-state index >= 15 is 0 Å². The number of hydrogen-bond acceptors (Lipinski definition) is 2. The van der Waals surface area contributed by atoms with Gasteiger partial charge in [-0.2, -0.15) is 0 Å². The second-order valence-corrected chi connectivity index (χ2v) is 9.04. The first-order valence-electron chi connectivity index (χ1n) is 9.28. The monoisotopic (exact) mass is 302 g/mol. The van der Waals surface area contributed by atoms with Crippen molar-refractivity contribution in [1.82, 2.24) is 0 Å². The van der Waals surface area contributed by atoms with Crippen molar-refractivity contribution >= 4 is 5.78 Å². The molecule has 4 rings (SSSR count). The van der Waals surface area contributed by atoms with Crippen molar-refractivity contribution < 1.29 is 9.90 Å². The van der Waals surface area contributed by atoms with Crippen molar-refractivity contribution in [2.24, 2.45) is 34.5 Å². The Morgan fingerprint density at radius 3 is 2.77 bits per heavy atom. The third kappa shape index (κ3) is 1.74. The Kier molecular flexibility index (Phi) is 3.18. The van der Waals surface area contributed by atoms with Crippen molar-refractivity contribution in [3.8, 4) is 0 Å². The van der Waals surface area contributed by atoms with E-state index < -0.39 is 0 Å². The first kappa shape index (κ1) is 14.9. The summed E-state index contributed by atoms with van der Waals surface area (Å²) in [6, 6.07) is 0. The van der Waals surface area contributed by atoms with Crippen LogP contribution in [0.25, 0.3) is 0 Å². The van der Waals surface area contributed by atoms with Crippen LogP contribution < -0.4 is 0 Å². The molecule has 4 aliphatic rings. The quantitative estimate of drug-likeness (QED) is 0.683. The normalized spacial score (nSPS) is 54.3. The van der Waals surface area contributed by atoms with Gasteiger partial charge in [-0.05, 0) is 67.6 Å². The van der Waals surface area contributed by atoms with Crippen LogP contribution >= 0.6 is 0 Å². The van der Waals surface area contributed by atoms with Gasteiger partial charge in [0.2, 0.25) is 0 Å². The molecule has 1 unspecified atom stereocenters. The Balaban J connectivity index is 1.72. The van der Waals surface area contributed by atoms with E-state index in [1.165, 1.54) is 12.0 Å². The van der Waals surface area contributed by atoms with E-state index in [4.69, 9.17) is 0 Å². The summed E-state index contributed by atoms with van der Waals surface area (Å²) in [6.07, 6.45) is 9.50. The van der Waals surface area contributed by atoms with Gasteiger partial charge in [-0.3, -0.25) is 4.79 Å². The summed E-state index contributed by atoms with van der Waals surface area (Å²) in [5, 5.41) is 10.2. The van der Waals surface area contributed by atoms with E-state index in [0.717, 1.165) is 44.4 Å². The van der Waals surface area contributed by atoms with Crippen LogP contribution in [0.4, 0.5) is 0 Å². The lowest BCUT2D eigenvalue weighted by atomic mass is 9.46. The zero-order valence-electron chi connectivity index (χ0n) is 14.3. The average molecular weight is 302 g/mol. The van der Waals surface area contributed by atoms with Crippen LogP contribution in [-0.4, -0.2) is 17.0 Å². The Hall–Kier alpha value is -0.630. The first-order chi connectivity index (χ1) is 10.4. The van der Waals surface area contributed by atoms with Crippen molar-refractivity contribution in [3.05, 3.63) is 11.6 Å². The van der Waals surface area contributed by atoms with E-state index in [1.54, 1.807) is 0 Å². The number of Topliss-reactive ketones (excluding diaryl/α,β-unsaturated/α-hetero) is 1. The minimum atomic E-state index is -0.146. The van der Waals surface area contributed by atoms with Gasteiger partial charge in [0.25, 0.3) is 0 Å². The molecule has 0 aliphatic heterocycles. The third-order valence-corrected chi connectivity index (χ3v) is 8.35. The van der Waals surface area contributed by atoms with Gasteiger partial charge in [0, 0.05) is 11.8 Å². The maximum atomic E-state index is 12.4. The van der Waals surface area contributed by atoms with E-state index in [9.17, 15) is 9.90 Å². The molecule has 0 spiro atoms. The van der Waals surface area contributed by atoms with Gasteiger partial charge in [0.1, 0.15) is 5.78 Å². The zero-order chi connectivity index (χ0) is 15.7. The molecule has 22 heavy (non-hydrogen) atoms. The lowest BCUT2D eigenvalue weighted by Crippen LogP contribution is -2.53. The van der Waals surface area contributed by atoms with Gasteiger partial charge in [0.05, 0.1) is 6.10 Å². The fraction of sp³-hybridized carbons (Fsp3) is 0.850. The predicted molar refractivity (Wildman–Crippen MR) is 87.3 cm³/mol. The van der Waals surface area contributed by atoms with Crippen molar-refractivity contribution in [2.75, 3.05) is 0 Å². The Labute approximate surface area is 134 Å². The lowest BCUT2D eigenvalue weighted by molar-refractivity contribution is -0.132. The first-order valence-corrected chi connectivity index (χ1v) is 9.28. The average Bonchev–Trinajstić information content (AvgIpc) is 2.77. The molecule has 0 aromatic heterocycles. The van der Waals surface area contributed by atoms with Crippen LogP contribution in [0.3, 0.4) is 0 Å². The number of carbonyl (C=O) groups excluding carboxylic acids is 1. The highest BCUT2D eigenvalue weighted by Crippen LogP contribution is 2.65. The summed E-state index contributed by atoms with van der Waals surface area (Å²) in [6.45, 7) is 7.05. The highest BCUT2D eigenvalue weighted by molar-refractivity contribution is 5.87. The van der Waals surface area contributed by atoms with Gasteiger partial charge < -0.3 is 5.11 Å². The molecule has 2 heteroatoms. The third-order valence-electron chi connectivity index (χ3n) is 8.35. The molecule has 3 fully saturated rings. The van der Waals surface area contributed by atoms with Gasteiger partial charge in [-0.1, -0.05) is 32.4 Å². The largest absolute Gasteiger partial charge is 0.393 e. The summed E-state index contributed by atoms with van der Waals surface area (Å²) in [5.41, 5.74) is 1.75. The molecule has 0 radical (unpaired) electrons. The van der Waals surface area contributed by atoms with Gasteiger partial charge in [0.15, 0.2) is 0 Å². The predicted octanol–water partition coefficient (Wildman–Crippen LogP) is 4.13. The number of carbonyl (C=O) groups is 1. The fourth-order valence-corrected chi connectivity index (χ4v) is 6.84. The van der Waals surface area contributed by atoms with Crippen molar-refractivity contribution in [3.63, 3.8) is 0 Å². The highest BCUT2D eigenvalue weighted by atomic mass is 16.3. The molecule has 0 bridgehead atoms. The molecule has 4 aliphatic carbocycles. The number of aliphatic hydroxyl groups excluding tert-OH is 1. The molecule has 0 aromatic rings. The Bertz CT molecular complexity index is 536. The number of aliphatic hydroxyl groups is 1. The second kappa shape index (κ2) is 4.69. The molecule has 7 atom stereocenters. The topological polar surface area (TPSA) is 37.3 Å². The zero-order valence-corrected chi connectivity index (χ0v) is 14.3. The number of ketones is 1. The Morgan fingerprint density at radius 1 is 1.23 bits per heavy atom. The minimum Gasteiger partial charge on any atom is -0.393 e. The summed E-state index contributed by atoms with van der Waals surface area (Å²) in [5.74, 6) is 3.10. The van der Waals surface area contributed by atoms with Crippen LogP contribution in [0, 0.1) is 34.5 Å². The molecule has 2 nitrogen and oxygen atoms in total. The summed E-state index contributed by atoms with van der Waals surface area (Å²) >= 11 is 0. The molecule has 0 aromatic carbocycles. The molecule has 122 valence electrons. The van der Waals surface area contributed by atoms with Gasteiger partial charge >= 0.3 is 0 Å². The van der Waals surface area contributed by atoms with Gasteiger partial charge in [-0.15, -0.1) is 0 Å². The maximum absolute atomic E-state index is 12.4. The van der Waals surface area contributed by atoms with Crippen LogP contribution in [-0.2, 0) is 4.79 Å². The van der Waals surface area contributed by atoms with Crippen molar-refractivity contribution in [2.45, 2.75) is 71.8 Å². The lowest BCUT2D eigenvalue weighted by Gasteiger charge is -2.59. The van der Waals surface area contributed by atoms with Crippen LogP contribution in [0.1, 0.15) is 65.7 Å². The van der Waals surface area contributed by atoms with Crippen LogP contribution in [0.2, 0.25) is 0 Å². The SMILES string of the molecule is CC1C[C@H](O)CC2=CC[C@H]3[C@@H]4CCC(=O)[C@@]4(C)CC[C@@H]3[C@]21C. The molecule has 0 saturated heterocycles. The van der Waals surface area contributed by atoms with Crippen LogP contribution in [0.5, 0.6) is 0 Å². The molecular formula is C20H30O2. The smallest absolute Gasteiger partial charge is 0.139 e. The summed E-state index contributed by atoms with van der Waals surface area (Å²) in [7, 11) is 0. The summed E-state index contributed by atoms with van der Waals surface area (Å²) in [4.78, 5) is 12.4. The Morgan fingerprint density at radius 2 is 2.00 bits per heavy atom. The number of hydrogen-bond donors (Lipinski definition) is 1. The minimum absolute atomic E-state index is 0.0275. The van der Waals surface area contributed by atoms with E-state index in [2.05, 4.69) is 26.8 Å². The maximum Gasteiger partial charge on any atom is 0.139 e. The second-order valence-electron chi connectivity index (χ2n) is 9.04. The van der Waals surface area contributed by atoms with E-state index in [0.29, 0.717) is 23.5 Å². The van der Waals surface area contributed by atoms with Gasteiger partial charge in [-0.25, -0.2) is 0 Å². The van der Waals surface area contributed by atoms with Crippen LogP contribution in [0.15, 0.2) is 11.6 Å². The molecule has 1 N–H and O–H groups in total.